The standard InChI is InChI=1S/C20H23N3O4/c1-4-21-18(24)12-27-16-10-9-13(11-17(16)26-3)19-22-20(25)14-7-5-6-8-15(14)23(19)2/h5-11,19H,4,12H2,1-3H3,(H,21,24)(H,22,25). The van der Waals surface area contributed by atoms with E-state index in [0.717, 1.165) is 11.3 Å². The Kier molecular flexibility index (Phi) is 5.49. The second-order valence-corrected chi connectivity index (χ2v) is 6.16. The lowest BCUT2D eigenvalue weighted by Gasteiger charge is -2.36. The molecule has 0 bridgehead atoms. The van der Waals surface area contributed by atoms with Gasteiger partial charge in [-0.05, 0) is 36.8 Å². The minimum Gasteiger partial charge on any atom is -0.493 e. The highest BCUT2D eigenvalue weighted by Gasteiger charge is 2.29. The normalized spacial score (nSPS) is 15.6. The number of anilines is 1. The molecule has 3 rings (SSSR count). The van der Waals surface area contributed by atoms with E-state index in [9.17, 15) is 9.59 Å². The monoisotopic (exact) mass is 369 g/mol. The lowest BCUT2D eigenvalue weighted by Crippen LogP contribution is -2.44. The average molecular weight is 369 g/mol. The highest BCUT2D eigenvalue weighted by molar-refractivity contribution is 6.02. The van der Waals surface area contributed by atoms with E-state index < -0.39 is 0 Å². The topological polar surface area (TPSA) is 79.9 Å². The number of hydrogen-bond acceptors (Lipinski definition) is 5. The van der Waals surface area contributed by atoms with E-state index in [1.54, 1.807) is 12.1 Å². The van der Waals surface area contributed by atoms with Crippen molar-refractivity contribution in [3.05, 3.63) is 53.6 Å². The van der Waals surface area contributed by atoms with Gasteiger partial charge in [0.05, 0.1) is 18.4 Å². The van der Waals surface area contributed by atoms with Crippen LogP contribution in [0.5, 0.6) is 11.5 Å². The zero-order valence-corrected chi connectivity index (χ0v) is 15.6. The molecule has 0 spiro atoms. The molecule has 7 heteroatoms. The van der Waals surface area contributed by atoms with Crippen LogP contribution in [0.2, 0.25) is 0 Å². The first kappa shape index (κ1) is 18.6. The number of carbonyl (C=O) groups excluding carboxylic acids is 2. The van der Waals surface area contributed by atoms with Gasteiger partial charge in [-0.2, -0.15) is 0 Å². The first-order chi connectivity index (χ1) is 13.0. The Hall–Kier alpha value is -3.22. The summed E-state index contributed by atoms with van der Waals surface area (Å²) in [4.78, 5) is 26.0. The molecule has 0 saturated carbocycles. The largest absolute Gasteiger partial charge is 0.493 e. The highest BCUT2D eigenvalue weighted by atomic mass is 16.5. The summed E-state index contributed by atoms with van der Waals surface area (Å²) >= 11 is 0. The maximum absolute atomic E-state index is 12.4. The molecule has 0 aromatic heterocycles. The zero-order valence-electron chi connectivity index (χ0n) is 15.6. The summed E-state index contributed by atoms with van der Waals surface area (Å²) in [7, 11) is 3.46. The first-order valence-corrected chi connectivity index (χ1v) is 8.75. The molecule has 2 aromatic rings. The summed E-state index contributed by atoms with van der Waals surface area (Å²) in [6.45, 7) is 2.31. The Balaban J connectivity index is 1.83. The van der Waals surface area contributed by atoms with E-state index in [2.05, 4.69) is 10.6 Å². The number of nitrogens with zero attached hydrogens (tertiary/aromatic N) is 1. The summed E-state index contributed by atoms with van der Waals surface area (Å²) in [5, 5.41) is 5.68. The number of hydrogen-bond donors (Lipinski definition) is 2. The molecule has 0 radical (unpaired) electrons. The number of benzene rings is 2. The van der Waals surface area contributed by atoms with Crippen LogP contribution in [0.3, 0.4) is 0 Å². The number of para-hydroxylation sites is 1. The first-order valence-electron chi connectivity index (χ1n) is 8.75. The van der Waals surface area contributed by atoms with Crippen molar-refractivity contribution in [3.63, 3.8) is 0 Å². The molecule has 0 aliphatic carbocycles. The van der Waals surface area contributed by atoms with E-state index >= 15 is 0 Å². The predicted octanol–water partition coefficient (Wildman–Crippen LogP) is 2.09. The second kappa shape index (κ2) is 7.99. The number of nitrogens with one attached hydrogen (secondary N) is 2. The second-order valence-electron chi connectivity index (χ2n) is 6.16. The highest BCUT2D eigenvalue weighted by Crippen LogP contribution is 2.35. The third-order valence-corrected chi connectivity index (χ3v) is 4.42. The molecule has 1 atom stereocenters. The number of ether oxygens (including phenoxy) is 2. The van der Waals surface area contributed by atoms with Crippen molar-refractivity contribution < 1.29 is 19.1 Å². The van der Waals surface area contributed by atoms with Gasteiger partial charge in [-0.15, -0.1) is 0 Å². The van der Waals surface area contributed by atoms with Gasteiger partial charge in [-0.25, -0.2) is 0 Å². The van der Waals surface area contributed by atoms with E-state index in [1.807, 2.05) is 49.2 Å². The summed E-state index contributed by atoms with van der Waals surface area (Å²) in [6, 6.07) is 12.9. The van der Waals surface area contributed by atoms with Crippen molar-refractivity contribution >= 4 is 17.5 Å². The van der Waals surface area contributed by atoms with Gasteiger partial charge in [-0.1, -0.05) is 18.2 Å². The smallest absolute Gasteiger partial charge is 0.257 e. The van der Waals surface area contributed by atoms with Crippen molar-refractivity contribution in [2.24, 2.45) is 0 Å². The van der Waals surface area contributed by atoms with Crippen LogP contribution in [0.25, 0.3) is 0 Å². The minimum absolute atomic E-state index is 0.0863. The molecule has 1 aliphatic rings. The van der Waals surface area contributed by atoms with Crippen LogP contribution in [0.15, 0.2) is 42.5 Å². The summed E-state index contributed by atoms with van der Waals surface area (Å²) < 4.78 is 11.0. The van der Waals surface area contributed by atoms with Crippen LogP contribution in [-0.4, -0.2) is 39.1 Å². The quantitative estimate of drug-likeness (QED) is 0.815. The van der Waals surface area contributed by atoms with Crippen molar-refractivity contribution in [2.45, 2.75) is 13.1 Å². The van der Waals surface area contributed by atoms with Gasteiger partial charge in [0.2, 0.25) is 0 Å². The van der Waals surface area contributed by atoms with Crippen molar-refractivity contribution in [2.75, 3.05) is 32.2 Å². The van der Waals surface area contributed by atoms with Crippen LogP contribution in [0.4, 0.5) is 5.69 Å². The molecule has 2 amide bonds. The van der Waals surface area contributed by atoms with E-state index in [0.29, 0.717) is 23.6 Å². The number of carbonyl (C=O) groups is 2. The number of methoxy groups -OCH3 is 1. The number of likely N-dealkylation sites (N-methyl/N-ethyl adjacent to an activating group) is 1. The van der Waals surface area contributed by atoms with Gasteiger partial charge in [0, 0.05) is 13.6 Å². The van der Waals surface area contributed by atoms with Crippen LogP contribution < -0.4 is 25.0 Å². The molecule has 1 unspecified atom stereocenters. The number of amides is 2. The fourth-order valence-corrected chi connectivity index (χ4v) is 3.08. The van der Waals surface area contributed by atoms with Crippen molar-refractivity contribution in [1.82, 2.24) is 10.6 Å². The average Bonchev–Trinajstić information content (AvgIpc) is 2.69. The molecule has 27 heavy (non-hydrogen) atoms. The Morgan fingerprint density at radius 3 is 2.74 bits per heavy atom. The summed E-state index contributed by atoms with van der Waals surface area (Å²) in [5.74, 6) is 0.653. The predicted molar refractivity (Wildman–Crippen MR) is 102 cm³/mol. The Morgan fingerprint density at radius 1 is 1.22 bits per heavy atom. The zero-order chi connectivity index (χ0) is 19.4. The molecule has 2 aromatic carbocycles. The van der Waals surface area contributed by atoms with E-state index in [-0.39, 0.29) is 24.6 Å². The summed E-state index contributed by atoms with van der Waals surface area (Å²) in [6.07, 6.45) is -0.334. The molecule has 7 nitrogen and oxygen atoms in total. The molecule has 0 fully saturated rings. The van der Waals surface area contributed by atoms with Gasteiger partial charge >= 0.3 is 0 Å². The SMILES string of the molecule is CCNC(=O)COc1ccc(C2NC(=O)c3ccccc3N2C)cc1OC. The molecule has 1 heterocycles. The van der Waals surface area contributed by atoms with Crippen molar-refractivity contribution in [3.8, 4) is 11.5 Å². The fourth-order valence-electron chi connectivity index (χ4n) is 3.08. The summed E-state index contributed by atoms with van der Waals surface area (Å²) in [5.41, 5.74) is 2.36. The Labute approximate surface area is 158 Å². The Morgan fingerprint density at radius 2 is 2.00 bits per heavy atom. The van der Waals surface area contributed by atoms with Gasteiger partial charge in [0.25, 0.3) is 11.8 Å². The third kappa shape index (κ3) is 3.81. The molecule has 1 aliphatic heterocycles. The fraction of sp³-hybridized carbons (Fsp3) is 0.300. The third-order valence-electron chi connectivity index (χ3n) is 4.42. The molecular weight excluding hydrogens is 346 g/mol. The van der Waals surface area contributed by atoms with Gasteiger partial charge in [-0.3, -0.25) is 9.59 Å². The number of rotatable bonds is 6. The van der Waals surface area contributed by atoms with Crippen LogP contribution in [0, 0.1) is 0 Å². The lowest BCUT2D eigenvalue weighted by molar-refractivity contribution is -0.123. The van der Waals surface area contributed by atoms with Crippen LogP contribution >= 0.6 is 0 Å². The van der Waals surface area contributed by atoms with Crippen molar-refractivity contribution in [1.29, 1.82) is 0 Å². The lowest BCUT2D eigenvalue weighted by atomic mass is 10.0. The molecule has 142 valence electrons. The number of fused-ring (bicyclic) bond motifs is 1. The minimum atomic E-state index is -0.334. The maximum Gasteiger partial charge on any atom is 0.257 e. The molecule has 0 saturated heterocycles. The van der Waals surface area contributed by atoms with Crippen LogP contribution in [-0.2, 0) is 4.79 Å². The van der Waals surface area contributed by atoms with Gasteiger partial charge in [0.15, 0.2) is 18.1 Å². The maximum atomic E-state index is 12.4. The van der Waals surface area contributed by atoms with E-state index in [1.165, 1.54) is 7.11 Å². The van der Waals surface area contributed by atoms with Gasteiger partial charge < -0.3 is 25.0 Å². The Bertz CT molecular complexity index is 853. The molecule has 2 N–H and O–H groups in total. The van der Waals surface area contributed by atoms with Crippen LogP contribution in [0.1, 0.15) is 29.0 Å². The molecular formula is C20H23N3O4. The van der Waals surface area contributed by atoms with E-state index in [4.69, 9.17) is 9.47 Å². The van der Waals surface area contributed by atoms with Gasteiger partial charge in [0.1, 0.15) is 6.17 Å².